The number of ether oxygens (including phenoxy) is 3. The first-order valence-electron chi connectivity index (χ1n) is 16.4. The van der Waals surface area contributed by atoms with E-state index in [1.165, 1.54) is 64.2 Å². The van der Waals surface area contributed by atoms with E-state index in [1.54, 1.807) is 26.0 Å². The lowest BCUT2D eigenvalue weighted by molar-refractivity contribution is -0.304. The van der Waals surface area contributed by atoms with Gasteiger partial charge in [-0.3, -0.25) is 14.4 Å². The molecule has 1 aliphatic rings. The quantitative estimate of drug-likeness (QED) is 0.0758. The van der Waals surface area contributed by atoms with Crippen LogP contribution in [-0.2, 0) is 28.6 Å². The molecule has 1 heterocycles. The van der Waals surface area contributed by atoms with Crippen LogP contribution in [-0.4, -0.2) is 56.0 Å². The normalized spacial score (nSPS) is 17.9. The predicted octanol–water partition coefficient (Wildman–Crippen LogP) is 6.92. The molecule has 42 heavy (non-hydrogen) atoms. The minimum atomic E-state index is -0.827. The second kappa shape index (κ2) is 22.4. The van der Waals surface area contributed by atoms with Crippen LogP contribution in [0.2, 0.25) is 0 Å². The van der Waals surface area contributed by atoms with Crippen molar-refractivity contribution in [1.29, 1.82) is 0 Å². The Balaban J connectivity index is 1.96. The molecule has 0 aliphatic carbocycles. The monoisotopic (exact) mass is 592 g/mol. The van der Waals surface area contributed by atoms with Crippen molar-refractivity contribution in [2.24, 2.45) is 5.41 Å². The third-order valence-electron chi connectivity index (χ3n) is 7.36. The average Bonchev–Trinajstić information content (AvgIpc) is 2.94. The summed E-state index contributed by atoms with van der Waals surface area (Å²) in [5, 5.41) is 5.63. The Morgan fingerprint density at radius 3 is 2.07 bits per heavy atom. The Kier molecular flexibility index (Phi) is 20.1. The lowest BCUT2D eigenvalue weighted by Crippen LogP contribution is -2.56. The van der Waals surface area contributed by atoms with E-state index in [0.29, 0.717) is 19.6 Å². The smallest absolute Gasteiger partial charge is 0.307 e. The maximum absolute atomic E-state index is 12.6. The van der Waals surface area contributed by atoms with Gasteiger partial charge in [0.25, 0.3) is 0 Å². The van der Waals surface area contributed by atoms with Crippen molar-refractivity contribution in [1.82, 2.24) is 10.6 Å². The zero-order valence-electron chi connectivity index (χ0n) is 27.3. The topological polar surface area (TPSA) is 103 Å². The van der Waals surface area contributed by atoms with Gasteiger partial charge in [-0.1, -0.05) is 90.4 Å². The molecule has 2 amide bonds. The second-order valence-corrected chi connectivity index (χ2v) is 12.5. The molecular weight excluding hydrogens is 532 g/mol. The van der Waals surface area contributed by atoms with Crippen molar-refractivity contribution in [3.05, 3.63) is 24.3 Å². The summed E-state index contributed by atoms with van der Waals surface area (Å²) in [5.41, 5.74) is -0.468. The van der Waals surface area contributed by atoms with Crippen LogP contribution in [0.25, 0.3) is 0 Å². The molecule has 8 nitrogen and oxygen atoms in total. The zero-order chi connectivity index (χ0) is 31.1. The molecule has 0 aromatic rings. The number of hydrogen-bond donors (Lipinski definition) is 2. The first-order valence-corrected chi connectivity index (χ1v) is 16.4. The summed E-state index contributed by atoms with van der Waals surface area (Å²) in [7, 11) is 0. The minimum absolute atomic E-state index is 0.0464. The summed E-state index contributed by atoms with van der Waals surface area (Å²) >= 11 is 0. The Hall–Kier alpha value is -2.19. The molecule has 0 spiro atoms. The molecule has 1 aliphatic heterocycles. The fraction of sp³-hybridized carbons (Fsp3) is 0.794. The molecule has 0 aromatic heterocycles. The SMILES string of the molecule is CCCCCCCC/C=C\CCCCCCCC(=O)NC/C=C/COC(=O)CCNC(=O)C1OC(C)(C)OCC1(C)C. The van der Waals surface area contributed by atoms with Gasteiger partial charge in [-0.05, 0) is 52.0 Å². The van der Waals surface area contributed by atoms with Gasteiger partial charge in [0.15, 0.2) is 5.79 Å². The van der Waals surface area contributed by atoms with Gasteiger partial charge in [0.05, 0.1) is 13.0 Å². The maximum atomic E-state index is 12.6. The van der Waals surface area contributed by atoms with Gasteiger partial charge in [-0.2, -0.15) is 0 Å². The van der Waals surface area contributed by atoms with Gasteiger partial charge in [0.2, 0.25) is 11.8 Å². The van der Waals surface area contributed by atoms with Crippen molar-refractivity contribution >= 4 is 17.8 Å². The number of carbonyl (C=O) groups is 3. The van der Waals surface area contributed by atoms with E-state index in [0.717, 1.165) is 19.3 Å². The standard InChI is InChI=1S/C34H60N2O6/c1-6-7-8-9-10-11-12-13-14-15-16-17-18-19-20-23-29(37)35-25-21-22-27-40-30(38)24-26-36-32(39)31-33(2,3)28-41-34(4,5)42-31/h13-14,21-22,31H,6-12,15-20,23-28H2,1-5H3,(H,35,37)(H,36,39)/b14-13-,22-21+. The number of unbranched alkanes of at least 4 members (excludes halogenated alkanes) is 11. The molecule has 1 unspecified atom stereocenters. The third kappa shape index (κ3) is 19.1. The van der Waals surface area contributed by atoms with Crippen LogP contribution in [0.1, 0.15) is 131 Å². The molecule has 1 atom stereocenters. The van der Waals surface area contributed by atoms with Crippen molar-refractivity contribution in [3.63, 3.8) is 0 Å². The highest BCUT2D eigenvalue weighted by molar-refractivity contribution is 5.82. The number of allylic oxidation sites excluding steroid dienone is 2. The lowest BCUT2D eigenvalue weighted by atomic mass is 9.85. The summed E-state index contributed by atoms with van der Waals surface area (Å²) < 4.78 is 16.6. The summed E-state index contributed by atoms with van der Waals surface area (Å²) in [6, 6.07) is 0. The largest absolute Gasteiger partial charge is 0.461 e. The molecule has 1 fully saturated rings. The van der Waals surface area contributed by atoms with Crippen LogP contribution < -0.4 is 10.6 Å². The van der Waals surface area contributed by atoms with Crippen LogP contribution >= 0.6 is 0 Å². The second-order valence-electron chi connectivity index (χ2n) is 12.5. The molecule has 1 saturated heterocycles. The first kappa shape index (κ1) is 37.8. The van der Waals surface area contributed by atoms with Gasteiger partial charge < -0.3 is 24.8 Å². The van der Waals surface area contributed by atoms with Gasteiger partial charge in [0.1, 0.15) is 12.7 Å². The van der Waals surface area contributed by atoms with Crippen molar-refractivity contribution in [2.75, 3.05) is 26.3 Å². The summed E-state index contributed by atoms with van der Waals surface area (Å²) in [4.78, 5) is 36.5. The number of amides is 2. The third-order valence-corrected chi connectivity index (χ3v) is 7.36. The molecule has 0 aromatic carbocycles. The van der Waals surface area contributed by atoms with Gasteiger partial charge in [-0.15, -0.1) is 0 Å². The van der Waals surface area contributed by atoms with E-state index in [-0.39, 0.29) is 31.4 Å². The molecule has 0 saturated carbocycles. The Labute approximate surface area is 255 Å². The summed E-state index contributed by atoms with van der Waals surface area (Å²) in [5.74, 6) is -1.45. The molecule has 1 rings (SSSR count). The van der Waals surface area contributed by atoms with E-state index < -0.39 is 23.3 Å². The highest BCUT2D eigenvalue weighted by Crippen LogP contribution is 2.34. The number of nitrogens with one attached hydrogen (secondary N) is 2. The van der Waals surface area contributed by atoms with Crippen molar-refractivity contribution in [2.45, 2.75) is 143 Å². The van der Waals surface area contributed by atoms with E-state index in [4.69, 9.17) is 14.2 Å². The van der Waals surface area contributed by atoms with Crippen molar-refractivity contribution < 1.29 is 28.6 Å². The van der Waals surface area contributed by atoms with Gasteiger partial charge >= 0.3 is 5.97 Å². The first-order chi connectivity index (χ1) is 20.1. The van der Waals surface area contributed by atoms with E-state index in [9.17, 15) is 14.4 Å². The maximum Gasteiger partial charge on any atom is 0.307 e. The van der Waals surface area contributed by atoms with Crippen LogP contribution in [0.4, 0.5) is 0 Å². The van der Waals surface area contributed by atoms with E-state index >= 15 is 0 Å². The fourth-order valence-electron chi connectivity index (χ4n) is 4.68. The van der Waals surface area contributed by atoms with Crippen LogP contribution in [0.5, 0.6) is 0 Å². The molecule has 8 heteroatoms. The van der Waals surface area contributed by atoms with Crippen LogP contribution in [0.3, 0.4) is 0 Å². The van der Waals surface area contributed by atoms with Crippen LogP contribution in [0, 0.1) is 5.41 Å². The Bertz CT molecular complexity index is 821. The molecule has 242 valence electrons. The zero-order valence-corrected chi connectivity index (χ0v) is 27.3. The van der Waals surface area contributed by atoms with Crippen LogP contribution in [0.15, 0.2) is 24.3 Å². The van der Waals surface area contributed by atoms with Crippen molar-refractivity contribution in [3.8, 4) is 0 Å². The van der Waals surface area contributed by atoms with Gasteiger partial charge in [-0.25, -0.2) is 0 Å². The number of carbonyl (C=O) groups excluding carboxylic acids is 3. The summed E-state index contributed by atoms with van der Waals surface area (Å²) in [6.45, 7) is 10.7. The number of rotatable bonds is 23. The Morgan fingerprint density at radius 1 is 0.786 bits per heavy atom. The summed E-state index contributed by atoms with van der Waals surface area (Å²) in [6.07, 6.45) is 24.2. The predicted molar refractivity (Wildman–Crippen MR) is 169 cm³/mol. The number of hydrogen-bond acceptors (Lipinski definition) is 6. The van der Waals surface area contributed by atoms with E-state index in [2.05, 4.69) is 29.7 Å². The molecular formula is C34H60N2O6. The molecule has 0 radical (unpaired) electrons. The fourth-order valence-corrected chi connectivity index (χ4v) is 4.68. The minimum Gasteiger partial charge on any atom is -0.461 e. The highest BCUT2D eigenvalue weighted by Gasteiger charge is 2.45. The molecule has 0 bridgehead atoms. The highest BCUT2D eigenvalue weighted by atomic mass is 16.7. The van der Waals surface area contributed by atoms with Gasteiger partial charge in [0, 0.05) is 24.9 Å². The molecule has 2 N–H and O–H groups in total. The lowest BCUT2D eigenvalue weighted by Gasteiger charge is -2.44. The average molecular weight is 593 g/mol. The Morgan fingerprint density at radius 2 is 1.40 bits per heavy atom. The van der Waals surface area contributed by atoms with E-state index in [1.807, 2.05) is 13.8 Å². The number of esters is 1.